The van der Waals surface area contributed by atoms with Crippen molar-refractivity contribution in [1.29, 1.82) is 0 Å². The highest BCUT2D eigenvalue weighted by atomic mass is 79.9. The third-order valence-corrected chi connectivity index (χ3v) is 3.66. The maximum absolute atomic E-state index is 5.85. The summed E-state index contributed by atoms with van der Waals surface area (Å²) in [6.45, 7) is 2.74. The standard InChI is InChI=1S/C14H14BrClN2/c1-9-6-14(12(15)7-13(9)17)18-8-10-2-4-11(16)5-3-10/h2-7,18H,8,17H2,1H3. The minimum absolute atomic E-state index is 0.749. The van der Waals surface area contributed by atoms with Gasteiger partial charge in [-0.05, 0) is 58.2 Å². The summed E-state index contributed by atoms with van der Waals surface area (Å²) in [6.07, 6.45) is 0. The number of aryl methyl sites for hydroxylation is 1. The van der Waals surface area contributed by atoms with Gasteiger partial charge in [-0.15, -0.1) is 0 Å². The number of rotatable bonds is 3. The van der Waals surface area contributed by atoms with Gasteiger partial charge in [-0.3, -0.25) is 0 Å². The van der Waals surface area contributed by atoms with Gasteiger partial charge in [-0.2, -0.15) is 0 Å². The fourth-order valence-electron chi connectivity index (χ4n) is 1.63. The van der Waals surface area contributed by atoms with Crippen molar-refractivity contribution < 1.29 is 0 Å². The lowest BCUT2D eigenvalue weighted by Gasteiger charge is -2.11. The van der Waals surface area contributed by atoms with E-state index >= 15 is 0 Å². The average molecular weight is 326 g/mol. The summed E-state index contributed by atoms with van der Waals surface area (Å²) in [5, 5.41) is 4.12. The summed E-state index contributed by atoms with van der Waals surface area (Å²) in [7, 11) is 0. The van der Waals surface area contributed by atoms with Crippen LogP contribution in [-0.2, 0) is 6.54 Å². The van der Waals surface area contributed by atoms with E-state index in [4.69, 9.17) is 17.3 Å². The van der Waals surface area contributed by atoms with Crippen molar-refractivity contribution >= 4 is 38.9 Å². The van der Waals surface area contributed by atoms with Gasteiger partial charge in [0.25, 0.3) is 0 Å². The van der Waals surface area contributed by atoms with Crippen LogP contribution >= 0.6 is 27.5 Å². The molecule has 0 aromatic heterocycles. The Morgan fingerprint density at radius 2 is 1.89 bits per heavy atom. The SMILES string of the molecule is Cc1cc(NCc2ccc(Cl)cc2)c(Br)cc1N. The van der Waals surface area contributed by atoms with Gasteiger partial charge in [-0.1, -0.05) is 23.7 Å². The maximum Gasteiger partial charge on any atom is 0.0491 e. The second-order valence-corrected chi connectivity index (χ2v) is 5.46. The van der Waals surface area contributed by atoms with Gasteiger partial charge in [0, 0.05) is 27.4 Å². The number of nitrogen functional groups attached to an aromatic ring is 1. The molecule has 0 amide bonds. The lowest BCUT2D eigenvalue weighted by Crippen LogP contribution is -2.01. The first-order valence-corrected chi connectivity index (χ1v) is 6.77. The number of anilines is 2. The van der Waals surface area contributed by atoms with Crippen molar-refractivity contribution in [1.82, 2.24) is 0 Å². The van der Waals surface area contributed by atoms with E-state index < -0.39 is 0 Å². The molecular weight excluding hydrogens is 312 g/mol. The van der Waals surface area contributed by atoms with Crippen LogP contribution in [0.25, 0.3) is 0 Å². The Morgan fingerprint density at radius 1 is 1.22 bits per heavy atom. The Kier molecular flexibility index (Phi) is 4.15. The second kappa shape index (κ2) is 5.63. The van der Waals surface area contributed by atoms with Gasteiger partial charge in [0.15, 0.2) is 0 Å². The molecule has 0 radical (unpaired) electrons. The Hall–Kier alpha value is -1.19. The van der Waals surface area contributed by atoms with Crippen LogP contribution in [0.5, 0.6) is 0 Å². The van der Waals surface area contributed by atoms with Crippen LogP contribution < -0.4 is 11.1 Å². The molecule has 94 valence electrons. The third-order valence-electron chi connectivity index (χ3n) is 2.75. The fraction of sp³-hybridized carbons (Fsp3) is 0.143. The van der Waals surface area contributed by atoms with E-state index in [2.05, 4.69) is 21.2 Å². The predicted octanol–water partition coefficient (Wildman–Crippen LogP) is 4.61. The minimum Gasteiger partial charge on any atom is -0.398 e. The molecule has 2 aromatic rings. The fourth-order valence-corrected chi connectivity index (χ4v) is 2.26. The van der Waals surface area contributed by atoms with Gasteiger partial charge in [0.2, 0.25) is 0 Å². The highest BCUT2D eigenvalue weighted by Gasteiger charge is 2.03. The van der Waals surface area contributed by atoms with E-state index in [9.17, 15) is 0 Å². The molecule has 0 bridgehead atoms. The van der Waals surface area contributed by atoms with Crippen LogP contribution in [0.2, 0.25) is 5.02 Å². The Bertz CT molecular complexity index is 552. The topological polar surface area (TPSA) is 38.0 Å². The number of hydrogen-bond acceptors (Lipinski definition) is 2. The molecule has 0 saturated carbocycles. The summed E-state index contributed by atoms with van der Waals surface area (Å²) in [5.74, 6) is 0. The van der Waals surface area contributed by atoms with Crippen LogP contribution in [0.4, 0.5) is 11.4 Å². The van der Waals surface area contributed by atoms with E-state index in [0.29, 0.717) is 0 Å². The molecule has 0 spiro atoms. The van der Waals surface area contributed by atoms with Crippen molar-refractivity contribution in [3.63, 3.8) is 0 Å². The van der Waals surface area contributed by atoms with Crippen LogP contribution in [0.1, 0.15) is 11.1 Å². The first-order chi connectivity index (χ1) is 8.56. The summed E-state index contributed by atoms with van der Waals surface area (Å²) in [5.41, 5.74) is 9.92. The molecule has 3 N–H and O–H groups in total. The Balaban J connectivity index is 2.10. The molecule has 2 aromatic carbocycles. The smallest absolute Gasteiger partial charge is 0.0491 e. The van der Waals surface area contributed by atoms with Crippen LogP contribution in [0, 0.1) is 6.92 Å². The quantitative estimate of drug-likeness (QED) is 0.809. The molecule has 0 aliphatic carbocycles. The highest BCUT2D eigenvalue weighted by Crippen LogP contribution is 2.28. The number of hydrogen-bond donors (Lipinski definition) is 2. The predicted molar refractivity (Wildman–Crippen MR) is 82.1 cm³/mol. The van der Waals surface area contributed by atoms with Crippen molar-refractivity contribution in [3.8, 4) is 0 Å². The van der Waals surface area contributed by atoms with E-state index in [1.807, 2.05) is 43.3 Å². The summed E-state index contributed by atoms with van der Waals surface area (Å²) in [6, 6.07) is 11.7. The van der Waals surface area contributed by atoms with Crippen molar-refractivity contribution in [2.24, 2.45) is 0 Å². The molecule has 0 saturated heterocycles. The molecule has 2 nitrogen and oxygen atoms in total. The number of halogens is 2. The molecule has 0 aliphatic rings. The first-order valence-electron chi connectivity index (χ1n) is 5.60. The molecule has 2 rings (SSSR count). The zero-order valence-electron chi connectivity index (χ0n) is 10.0. The Morgan fingerprint density at radius 3 is 2.56 bits per heavy atom. The third kappa shape index (κ3) is 3.18. The lowest BCUT2D eigenvalue weighted by atomic mass is 10.1. The van der Waals surface area contributed by atoms with Gasteiger partial charge in [0.05, 0.1) is 0 Å². The molecule has 0 atom stereocenters. The molecule has 0 fully saturated rings. The molecule has 4 heteroatoms. The number of nitrogens with one attached hydrogen (secondary N) is 1. The number of nitrogens with two attached hydrogens (primary N) is 1. The van der Waals surface area contributed by atoms with Gasteiger partial charge >= 0.3 is 0 Å². The monoisotopic (exact) mass is 324 g/mol. The van der Waals surface area contributed by atoms with E-state index in [-0.39, 0.29) is 0 Å². The van der Waals surface area contributed by atoms with Crippen molar-refractivity contribution in [2.75, 3.05) is 11.1 Å². The summed E-state index contributed by atoms with van der Waals surface area (Å²) in [4.78, 5) is 0. The van der Waals surface area contributed by atoms with E-state index in [1.54, 1.807) is 0 Å². The van der Waals surface area contributed by atoms with Crippen LogP contribution in [-0.4, -0.2) is 0 Å². The lowest BCUT2D eigenvalue weighted by molar-refractivity contribution is 1.14. The van der Waals surface area contributed by atoms with E-state index in [1.165, 1.54) is 5.56 Å². The zero-order chi connectivity index (χ0) is 13.1. The van der Waals surface area contributed by atoms with Gasteiger partial charge in [0.1, 0.15) is 0 Å². The minimum atomic E-state index is 0.749. The molecule has 18 heavy (non-hydrogen) atoms. The molecule has 0 unspecified atom stereocenters. The Labute approximate surface area is 120 Å². The molecule has 0 heterocycles. The van der Waals surface area contributed by atoms with Gasteiger partial charge < -0.3 is 11.1 Å². The van der Waals surface area contributed by atoms with E-state index in [0.717, 1.165) is 33.0 Å². The summed E-state index contributed by atoms with van der Waals surface area (Å²) >= 11 is 9.35. The largest absolute Gasteiger partial charge is 0.398 e. The highest BCUT2D eigenvalue weighted by molar-refractivity contribution is 9.10. The maximum atomic E-state index is 5.85. The van der Waals surface area contributed by atoms with Crippen molar-refractivity contribution in [3.05, 3.63) is 57.0 Å². The molecular formula is C14H14BrClN2. The van der Waals surface area contributed by atoms with Crippen LogP contribution in [0.3, 0.4) is 0 Å². The summed E-state index contributed by atoms with van der Waals surface area (Å²) < 4.78 is 0.972. The van der Waals surface area contributed by atoms with Crippen LogP contribution in [0.15, 0.2) is 40.9 Å². The second-order valence-electron chi connectivity index (χ2n) is 4.17. The zero-order valence-corrected chi connectivity index (χ0v) is 12.3. The normalized spacial score (nSPS) is 10.4. The number of benzene rings is 2. The average Bonchev–Trinajstić information content (AvgIpc) is 2.34. The van der Waals surface area contributed by atoms with Gasteiger partial charge in [-0.25, -0.2) is 0 Å². The first kappa shape index (κ1) is 13.2. The van der Waals surface area contributed by atoms with Crippen molar-refractivity contribution in [2.45, 2.75) is 13.5 Å². The molecule has 0 aliphatic heterocycles.